The first-order valence-corrected chi connectivity index (χ1v) is 20.5. The number of hydrogen-bond donors (Lipinski definition) is 1. The van der Waals surface area contributed by atoms with Crippen molar-refractivity contribution in [2.45, 2.75) is 213 Å². The zero-order valence-corrected chi connectivity index (χ0v) is 30.6. The minimum Gasteiger partial charge on any atom is -0.462 e. The Morgan fingerprint density at radius 1 is 0.522 bits per heavy atom. The second kappa shape index (κ2) is 27.8. The molecule has 0 aliphatic heterocycles. The summed E-state index contributed by atoms with van der Waals surface area (Å²) >= 11 is 0. The molecule has 5 atom stereocenters. The standard InChI is InChI=1S/C41H76O5/c1-3-5-7-9-13-19-25-35-31-37(35)27-21-15-11-17-23-29-40(43)45-34-39(33-42)46-41(44)30-24-18-12-16-22-28-38-32-36(38)26-20-14-10-8-6-4-2/h35-39,42H,3-34H2,1-2H3. The van der Waals surface area contributed by atoms with E-state index in [9.17, 15) is 14.7 Å². The van der Waals surface area contributed by atoms with Gasteiger partial charge in [0.1, 0.15) is 6.61 Å². The van der Waals surface area contributed by atoms with E-state index in [1.54, 1.807) is 0 Å². The predicted octanol–water partition coefficient (Wildman–Crippen LogP) is 11.7. The van der Waals surface area contributed by atoms with E-state index in [4.69, 9.17) is 9.47 Å². The van der Waals surface area contributed by atoms with Crippen LogP contribution in [0, 0.1) is 23.7 Å². The van der Waals surface area contributed by atoms with Crippen LogP contribution in [0.15, 0.2) is 0 Å². The zero-order valence-electron chi connectivity index (χ0n) is 30.6. The third-order valence-electron chi connectivity index (χ3n) is 10.8. The van der Waals surface area contributed by atoms with E-state index >= 15 is 0 Å². The third kappa shape index (κ3) is 22.5. The lowest BCUT2D eigenvalue weighted by atomic mass is 10.0. The van der Waals surface area contributed by atoms with Gasteiger partial charge in [-0.1, -0.05) is 168 Å². The highest BCUT2D eigenvalue weighted by Crippen LogP contribution is 2.46. The molecule has 0 amide bonds. The Morgan fingerprint density at radius 3 is 1.26 bits per heavy atom. The van der Waals surface area contributed by atoms with Crippen molar-refractivity contribution in [2.75, 3.05) is 13.2 Å². The molecule has 0 spiro atoms. The summed E-state index contributed by atoms with van der Waals surface area (Å²) in [7, 11) is 0. The van der Waals surface area contributed by atoms with Gasteiger partial charge >= 0.3 is 11.9 Å². The van der Waals surface area contributed by atoms with Crippen LogP contribution in [0.25, 0.3) is 0 Å². The van der Waals surface area contributed by atoms with Crippen molar-refractivity contribution in [3.05, 3.63) is 0 Å². The fraction of sp³-hybridized carbons (Fsp3) is 0.951. The van der Waals surface area contributed by atoms with E-state index in [-0.39, 0.29) is 25.2 Å². The molecule has 2 saturated carbocycles. The number of carbonyl (C=O) groups is 2. The van der Waals surface area contributed by atoms with E-state index in [0.717, 1.165) is 49.4 Å². The first-order valence-electron chi connectivity index (χ1n) is 20.5. The van der Waals surface area contributed by atoms with Crippen molar-refractivity contribution in [3.63, 3.8) is 0 Å². The summed E-state index contributed by atoms with van der Waals surface area (Å²) in [6.07, 6.45) is 36.7. The Hall–Kier alpha value is -1.10. The second-order valence-corrected chi connectivity index (χ2v) is 15.2. The molecule has 5 heteroatoms. The topological polar surface area (TPSA) is 72.8 Å². The maximum absolute atomic E-state index is 12.2. The summed E-state index contributed by atoms with van der Waals surface area (Å²) in [6, 6.07) is 0. The molecular formula is C41H76O5. The van der Waals surface area contributed by atoms with Crippen molar-refractivity contribution in [2.24, 2.45) is 23.7 Å². The molecule has 2 rings (SSSR count). The Morgan fingerprint density at radius 2 is 0.870 bits per heavy atom. The molecule has 46 heavy (non-hydrogen) atoms. The average molecular weight is 649 g/mol. The largest absolute Gasteiger partial charge is 0.462 e. The Kier molecular flexibility index (Phi) is 24.8. The van der Waals surface area contributed by atoms with Gasteiger partial charge in [-0.2, -0.15) is 0 Å². The smallest absolute Gasteiger partial charge is 0.306 e. The quantitative estimate of drug-likeness (QED) is 0.0555. The Labute approximate surface area is 285 Å². The number of carbonyl (C=O) groups excluding carboxylic acids is 2. The van der Waals surface area contributed by atoms with Crippen molar-refractivity contribution in [3.8, 4) is 0 Å². The number of hydrogen-bond acceptors (Lipinski definition) is 5. The minimum absolute atomic E-state index is 0.0522. The SMILES string of the molecule is CCCCCCCCC1CC1CCCCCCCC(=O)OCC(CO)OC(=O)CCCCCCCC1CC1CCCCCCCC. The fourth-order valence-corrected chi connectivity index (χ4v) is 7.45. The van der Waals surface area contributed by atoms with Crippen LogP contribution >= 0.6 is 0 Å². The summed E-state index contributed by atoms with van der Waals surface area (Å²) in [5.41, 5.74) is 0. The van der Waals surface area contributed by atoms with E-state index in [1.165, 1.54) is 154 Å². The molecule has 5 nitrogen and oxygen atoms in total. The van der Waals surface area contributed by atoms with Crippen LogP contribution in [0.2, 0.25) is 0 Å². The number of rotatable bonds is 34. The maximum atomic E-state index is 12.2. The number of aliphatic hydroxyl groups is 1. The number of ether oxygens (including phenoxy) is 2. The molecule has 0 radical (unpaired) electrons. The molecule has 0 saturated heterocycles. The molecule has 0 aromatic heterocycles. The summed E-state index contributed by atoms with van der Waals surface area (Å²) in [4.78, 5) is 24.4. The van der Waals surface area contributed by atoms with Crippen LogP contribution in [0.4, 0.5) is 0 Å². The summed E-state index contributed by atoms with van der Waals surface area (Å²) in [5, 5.41) is 9.59. The Balaban J connectivity index is 1.32. The van der Waals surface area contributed by atoms with Gasteiger partial charge in [0.15, 0.2) is 6.10 Å². The van der Waals surface area contributed by atoms with Gasteiger partial charge in [0, 0.05) is 12.8 Å². The summed E-state index contributed by atoms with van der Waals surface area (Å²) < 4.78 is 10.7. The third-order valence-corrected chi connectivity index (χ3v) is 10.8. The molecule has 2 aliphatic rings. The highest BCUT2D eigenvalue weighted by Gasteiger charge is 2.35. The van der Waals surface area contributed by atoms with Gasteiger partial charge in [0.25, 0.3) is 0 Å². The normalized spacial score (nSPS) is 20.8. The first-order chi connectivity index (χ1) is 22.6. The van der Waals surface area contributed by atoms with Crippen LogP contribution in [-0.4, -0.2) is 36.4 Å². The van der Waals surface area contributed by atoms with Crippen molar-refractivity contribution < 1.29 is 24.2 Å². The molecule has 0 aromatic rings. The molecule has 0 bridgehead atoms. The zero-order chi connectivity index (χ0) is 33.1. The summed E-state index contributed by atoms with van der Waals surface area (Å²) in [5.74, 6) is 3.45. The fourth-order valence-electron chi connectivity index (χ4n) is 7.45. The monoisotopic (exact) mass is 649 g/mol. The van der Waals surface area contributed by atoms with Gasteiger partial charge in [0.05, 0.1) is 6.61 Å². The minimum atomic E-state index is -0.758. The maximum Gasteiger partial charge on any atom is 0.306 e. The van der Waals surface area contributed by atoms with Gasteiger partial charge in [-0.25, -0.2) is 0 Å². The van der Waals surface area contributed by atoms with Gasteiger partial charge < -0.3 is 14.6 Å². The van der Waals surface area contributed by atoms with Crippen LogP contribution in [0.3, 0.4) is 0 Å². The predicted molar refractivity (Wildman–Crippen MR) is 192 cm³/mol. The second-order valence-electron chi connectivity index (χ2n) is 15.2. The Bertz CT molecular complexity index is 738. The highest BCUT2D eigenvalue weighted by atomic mass is 16.6. The van der Waals surface area contributed by atoms with Gasteiger partial charge in [-0.05, 0) is 49.4 Å². The van der Waals surface area contributed by atoms with Crippen LogP contribution in [0.5, 0.6) is 0 Å². The van der Waals surface area contributed by atoms with E-state index in [0.29, 0.717) is 12.8 Å². The van der Waals surface area contributed by atoms with Crippen LogP contribution in [0.1, 0.15) is 206 Å². The highest BCUT2D eigenvalue weighted by molar-refractivity contribution is 5.70. The average Bonchev–Trinajstić information content (AvgIpc) is 3.98. The van der Waals surface area contributed by atoms with E-state index < -0.39 is 6.10 Å². The molecule has 1 N–H and O–H groups in total. The van der Waals surface area contributed by atoms with Crippen molar-refractivity contribution >= 4 is 11.9 Å². The molecule has 2 fully saturated rings. The van der Waals surface area contributed by atoms with Crippen molar-refractivity contribution in [1.29, 1.82) is 0 Å². The van der Waals surface area contributed by atoms with Crippen LogP contribution < -0.4 is 0 Å². The first kappa shape index (κ1) is 41.1. The lowest BCUT2D eigenvalue weighted by Gasteiger charge is -2.15. The number of unbranched alkanes of at least 4 members (excludes halogenated alkanes) is 18. The van der Waals surface area contributed by atoms with E-state index in [2.05, 4.69) is 13.8 Å². The van der Waals surface area contributed by atoms with Gasteiger partial charge in [0.2, 0.25) is 0 Å². The van der Waals surface area contributed by atoms with Crippen LogP contribution in [-0.2, 0) is 19.1 Å². The van der Waals surface area contributed by atoms with E-state index in [1.807, 2.05) is 0 Å². The molecular weight excluding hydrogens is 572 g/mol. The van der Waals surface area contributed by atoms with Crippen molar-refractivity contribution in [1.82, 2.24) is 0 Å². The molecule has 2 aliphatic carbocycles. The molecule has 270 valence electrons. The number of esters is 2. The lowest BCUT2D eigenvalue weighted by molar-refractivity contribution is -0.161. The van der Waals surface area contributed by atoms with Gasteiger partial charge in [-0.15, -0.1) is 0 Å². The van der Waals surface area contributed by atoms with Gasteiger partial charge in [-0.3, -0.25) is 9.59 Å². The molecule has 5 unspecified atom stereocenters. The summed E-state index contributed by atoms with van der Waals surface area (Å²) in [6.45, 7) is 4.19. The number of aliphatic hydroxyl groups excluding tert-OH is 1. The lowest BCUT2D eigenvalue weighted by Crippen LogP contribution is -2.28. The molecule has 0 heterocycles. The molecule has 0 aromatic carbocycles.